The zero-order valence-corrected chi connectivity index (χ0v) is 14.7. The normalized spacial score (nSPS) is 13.9. The summed E-state index contributed by atoms with van der Waals surface area (Å²) >= 11 is 0. The molecule has 0 amide bonds. The summed E-state index contributed by atoms with van der Waals surface area (Å²) < 4.78 is 20.0. The van der Waals surface area contributed by atoms with Crippen LogP contribution in [0.5, 0.6) is 11.5 Å². The summed E-state index contributed by atoms with van der Waals surface area (Å²) in [5, 5.41) is 0. The van der Waals surface area contributed by atoms with E-state index >= 15 is 0 Å². The van der Waals surface area contributed by atoms with Crippen molar-refractivity contribution in [2.24, 2.45) is 0 Å². The number of hydrogen-bond donors (Lipinski definition) is 0. The van der Waals surface area contributed by atoms with Crippen LogP contribution in [0.1, 0.15) is 26.3 Å². The molecule has 0 spiro atoms. The number of benzene rings is 2. The van der Waals surface area contributed by atoms with E-state index in [1.54, 1.807) is 30.3 Å². The Labute approximate surface area is 155 Å². The molecule has 0 unspecified atom stereocenters. The van der Waals surface area contributed by atoms with Gasteiger partial charge in [-0.25, -0.2) is 9.59 Å². The molecule has 3 rings (SSSR count). The highest BCUT2D eigenvalue weighted by Gasteiger charge is 2.28. The Balaban J connectivity index is 1.78. The van der Waals surface area contributed by atoms with Crippen molar-refractivity contribution in [2.75, 3.05) is 20.8 Å². The summed E-state index contributed by atoms with van der Waals surface area (Å²) in [4.78, 5) is 35.4. The van der Waals surface area contributed by atoms with E-state index in [0.29, 0.717) is 22.4 Å². The molecule has 0 radical (unpaired) electrons. The number of ether oxygens (including phenoxy) is 4. The average molecular weight is 368 g/mol. The molecular formula is C20H16O7. The van der Waals surface area contributed by atoms with E-state index in [0.717, 1.165) is 0 Å². The van der Waals surface area contributed by atoms with Gasteiger partial charge < -0.3 is 18.9 Å². The number of ketones is 1. The second-order valence-electron chi connectivity index (χ2n) is 5.62. The van der Waals surface area contributed by atoms with Crippen LogP contribution in [-0.2, 0) is 14.3 Å². The summed E-state index contributed by atoms with van der Waals surface area (Å²) in [7, 11) is 2.70. The van der Waals surface area contributed by atoms with E-state index in [4.69, 9.17) is 14.2 Å². The van der Waals surface area contributed by atoms with Crippen molar-refractivity contribution in [3.05, 3.63) is 64.9 Å². The third-order valence-electron chi connectivity index (χ3n) is 3.76. The maximum absolute atomic E-state index is 12.5. The summed E-state index contributed by atoms with van der Waals surface area (Å²) in [6.07, 6.45) is 1.57. The van der Waals surface area contributed by atoms with Gasteiger partial charge in [-0.1, -0.05) is 12.1 Å². The Morgan fingerprint density at radius 1 is 1.07 bits per heavy atom. The Hall–Kier alpha value is -3.45. The standard InChI is InChI=1S/C20H16O7/c1-24-11-18(21)26-14-7-8-15-16(10-14)27-17(19(15)22)9-12-3-5-13(6-4-12)20(23)25-2/h3-10H,11H2,1-2H3/b17-9-. The maximum atomic E-state index is 12.5. The van der Waals surface area contributed by atoms with Crippen molar-refractivity contribution in [3.63, 3.8) is 0 Å². The number of allylic oxidation sites excluding steroid dienone is 1. The number of hydrogen-bond acceptors (Lipinski definition) is 7. The molecular weight excluding hydrogens is 352 g/mol. The number of rotatable bonds is 5. The van der Waals surface area contributed by atoms with Crippen molar-refractivity contribution < 1.29 is 33.3 Å². The van der Waals surface area contributed by atoms with Crippen LogP contribution >= 0.6 is 0 Å². The van der Waals surface area contributed by atoms with Gasteiger partial charge in [0.15, 0.2) is 5.76 Å². The second kappa shape index (κ2) is 7.84. The molecule has 0 atom stereocenters. The zero-order chi connectivity index (χ0) is 19.4. The number of Topliss-reactive ketones (excluding diaryl/α,β-unsaturated/α-hetero) is 1. The van der Waals surface area contributed by atoms with Crippen LogP contribution < -0.4 is 9.47 Å². The summed E-state index contributed by atoms with van der Waals surface area (Å²) in [5.41, 5.74) is 1.47. The minimum absolute atomic E-state index is 0.135. The van der Waals surface area contributed by atoms with Gasteiger partial charge in [-0.3, -0.25) is 4.79 Å². The van der Waals surface area contributed by atoms with Gasteiger partial charge in [0.25, 0.3) is 0 Å². The van der Waals surface area contributed by atoms with Gasteiger partial charge >= 0.3 is 11.9 Å². The Morgan fingerprint density at radius 2 is 1.81 bits per heavy atom. The molecule has 0 aliphatic carbocycles. The van der Waals surface area contributed by atoms with Crippen molar-refractivity contribution >= 4 is 23.8 Å². The third-order valence-corrected chi connectivity index (χ3v) is 3.76. The number of carbonyl (C=O) groups is 3. The quantitative estimate of drug-likeness (QED) is 0.455. The lowest BCUT2D eigenvalue weighted by molar-refractivity contribution is -0.138. The molecule has 0 fully saturated rings. The number of carbonyl (C=O) groups excluding carboxylic acids is 3. The van der Waals surface area contributed by atoms with Crippen molar-refractivity contribution in [3.8, 4) is 11.5 Å². The lowest BCUT2D eigenvalue weighted by Crippen LogP contribution is -2.14. The molecule has 2 aromatic rings. The molecule has 1 aliphatic heterocycles. The molecule has 27 heavy (non-hydrogen) atoms. The smallest absolute Gasteiger partial charge is 0.337 e. The predicted molar refractivity (Wildman–Crippen MR) is 94.7 cm³/mol. The van der Waals surface area contributed by atoms with Gasteiger partial charge in [0.1, 0.15) is 18.1 Å². The first-order chi connectivity index (χ1) is 13.0. The van der Waals surface area contributed by atoms with Gasteiger partial charge in [-0.2, -0.15) is 0 Å². The number of esters is 2. The van der Waals surface area contributed by atoms with E-state index in [-0.39, 0.29) is 23.9 Å². The topological polar surface area (TPSA) is 88.1 Å². The zero-order valence-electron chi connectivity index (χ0n) is 14.7. The van der Waals surface area contributed by atoms with Gasteiger partial charge in [-0.15, -0.1) is 0 Å². The molecule has 0 saturated carbocycles. The highest BCUT2D eigenvalue weighted by Crippen LogP contribution is 2.35. The average Bonchev–Trinajstić information content (AvgIpc) is 2.97. The summed E-state index contributed by atoms with van der Waals surface area (Å²) in [6, 6.07) is 11.1. The molecule has 1 aliphatic rings. The maximum Gasteiger partial charge on any atom is 0.337 e. The number of fused-ring (bicyclic) bond motifs is 1. The van der Waals surface area contributed by atoms with Gasteiger partial charge in [0, 0.05) is 13.2 Å². The van der Waals surface area contributed by atoms with Crippen LogP contribution in [0, 0.1) is 0 Å². The first-order valence-electron chi connectivity index (χ1n) is 7.98. The molecule has 138 valence electrons. The van der Waals surface area contributed by atoms with E-state index < -0.39 is 11.9 Å². The predicted octanol–water partition coefficient (Wildman–Crippen LogP) is 2.64. The molecule has 7 heteroatoms. The highest BCUT2D eigenvalue weighted by molar-refractivity contribution is 6.14. The molecule has 0 aromatic heterocycles. The monoisotopic (exact) mass is 368 g/mol. The fourth-order valence-corrected chi connectivity index (χ4v) is 2.49. The van der Waals surface area contributed by atoms with E-state index in [9.17, 15) is 14.4 Å². The SMILES string of the molecule is COCC(=O)Oc1ccc2c(c1)O/C(=C\c1ccc(C(=O)OC)cc1)C2=O. The first-order valence-corrected chi connectivity index (χ1v) is 7.98. The molecule has 2 aromatic carbocycles. The second-order valence-corrected chi connectivity index (χ2v) is 5.62. The Morgan fingerprint density at radius 3 is 2.48 bits per heavy atom. The molecule has 0 bridgehead atoms. The van der Waals surface area contributed by atoms with Crippen LogP contribution in [0.15, 0.2) is 48.2 Å². The molecule has 0 N–H and O–H groups in total. The van der Waals surface area contributed by atoms with Gasteiger partial charge in [0.2, 0.25) is 5.78 Å². The minimum atomic E-state index is -0.553. The van der Waals surface area contributed by atoms with Crippen molar-refractivity contribution in [1.82, 2.24) is 0 Å². The first kappa shape index (κ1) is 18.3. The van der Waals surface area contributed by atoms with E-state index in [2.05, 4.69) is 4.74 Å². The summed E-state index contributed by atoms with van der Waals surface area (Å²) in [6.45, 7) is -0.177. The lowest BCUT2D eigenvalue weighted by Gasteiger charge is -2.04. The number of methoxy groups -OCH3 is 2. The van der Waals surface area contributed by atoms with E-state index in [1.807, 2.05) is 0 Å². The molecule has 1 heterocycles. The van der Waals surface area contributed by atoms with Crippen molar-refractivity contribution in [1.29, 1.82) is 0 Å². The van der Waals surface area contributed by atoms with Gasteiger partial charge in [-0.05, 0) is 35.9 Å². The highest BCUT2D eigenvalue weighted by atomic mass is 16.6. The fraction of sp³-hybridized carbons (Fsp3) is 0.150. The Kier molecular flexibility index (Phi) is 5.33. The Bertz CT molecular complexity index is 926. The van der Waals surface area contributed by atoms with Crippen LogP contribution in [0.2, 0.25) is 0 Å². The van der Waals surface area contributed by atoms with Crippen molar-refractivity contribution in [2.45, 2.75) is 0 Å². The van der Waals surface area contributed by atoms with Crippen LogP contribution in [0.25, 0.3) is 6.08 Å². The third kappa shape index (κ3) is 4.04. The molecule has 0 saturated heterocycles. The minimum Gasteiger partial charge on any atom is -0.465 e. The van der Waals surface area contributed by atoms with Gasteiger partial charge in [0.05, 0.1) is 18.2 Å². The van der Waals surface area contributed by atoms with Crippen LogP contribution in [0.4, 0.5) is 0 Å². The van der Waals surface area contributed by atoms with Crippen LogP contribution in [-0.4, -0.2) is 38.5 Å². The largest absolute Gasteiger partial charge is 0.465 e. The van der Waals surface area contributed by atoms with E-state index in [1.165, 1.54) is 32.4 Å². The fourth-order valence-electron chi connectivity index (χ4n) is 2.49. The summed E-state index contributed by atoms with van der Waals surface area (Å²) in [5.74, 6) is -0.575. The molecule has 7 nitrogen and oxygen atoms in total. The lowest BCUT2D eigenvalue weighted by atomic mass is 10.1. The van der Waals surface area contributed by atoms with Crippen LogP contribution in [0.3, 0.4) is 0 Å².